The van der Waals surface area contributed by atoms with Crippen LogP contribution < -0.4 is 9.47 Å². The van der Waals surface area contributed by atoms with Crippen LogP contribution in [0.3, 0.4) is 0 Å². The monoisotopic (exact) mass is 503 g/mol. The van der Waals surface area contributed by atoms with Gasteiger partial charge >= 0.3 is 5.97 Å². The summed E-state index contributed by atoms with van der Waals surface area (Å²) >= 11 is 6.10. The number of esters is 1. The average Bonchev–Trinajstić information content (AvgIpc) is 3.14. The molecule has 7 heteroatoms. The van der Waals surface area contributed by atoms with E-state index in [-0.39, 0.29) is 17.2 Å². The van der Waals surface area contributed by atoms with Crippen molar-refractivity contribution in [3.05, 3.63) is 58.4 Å². The van der Waals surface area contributed by atoms with Gasteiger partial charge in [0.25, 0.3) is 0 Å². The number of carbonyl (C=O) groups excluding carboxylic acids is 1. The predicted octanol–water partition coefficient (Wildman–Crippen LogP) is 5.95. The third-order valence-electron chi connectivity index (χ3n) is 6.80. The summed E-state index contributed by atoms with van der Waals surface area (Å²) in [7, 11) is 0. The van der Waals surface area contributed by atoms with E-state index in [9.17, 15) is 9.18 Å². The standard InChI is InChI=1S/C28H35ClFNO4/c1-27(2,3)35-26(32)11-14-31-15-12-28(13-16-31)19-34-25-18-20(9-10-22(25)28)33-17-5-6-21-23(29)7-4-8-24(21)30/h4,7-10,18H,5-6,11-17,19H2,1-3H3. The van der Waals surface area contributed by atoms with Gasteiger partial charge in [0.05, 0.1) is 19.6 Å². The largest absolute Gasteiger partial charge is 0.493 e. The minimum atomic E-state index is -0.440. The molecule has 0 aliphatic carbocycles. The van der Waals surface area contributed by atoms with Crippen LogP contribution in [0.25, 0.3) is 0 Å². The average molecular weight is 504 g/mol. The van der Waals surface area contributed by atoms with E-state index in [2.05, 4.69) is 11.0 Å². The predicted molar refractivity (Wildman–Crippen MR) is 135 cm³/mol. The number of hydrogen-bond acceptors (Lipinski definition) is 5. The maximum absolute atomic E-state index is 13.9. The van der Waals surface area contributed by atoms with Crippen molar-refractivity contribution in [3.63, 3.8) is 0 Å². The van der Waals surface area contributed by atoms with E-state index in [0.29, 0.717) is 43.1 Å². The second-order valence-electron chi connectivity index (χ2n) is 10.6. The summed E-state index contributed by atoms with van der Waals surface area (Å²) in [5.41, 5.74) is 1.37. The fraction of sp³-hybridized carbons (Fsp3) is 0.536. The number of nitrogens with zero attached hydrogens (tertiary/aromatic N) is 1. The third kappa shape index (κ3) is 6.47. The van der Waals surface area contributed by atoms with E-state index in [0.717, 1.165) is 44.0 Å². The molecule has 35 heavy (non-hydrogen) atoms. The molecular formula is C28H35ClFNO4. The van der Waals surface area contributed by atoms with Crippen LogP contribution in [0, 0.1) is 5.82 Å². The van der Waals surface area contributed by atoms with Gasteiger partial charge in [-0.25, -0.2) is 4.39 Å². The molecule has 5 nitrogen and oxygen atoms in total. The summed E-state index contributed by atoms with van der Waals surface area (Å²) in [5, 5.41) is 0.456. The maximum atomic E-state index is 13.9. The number of carbonyl (C=O) groups is 1. The number of ether oxygens (including phenoxy) is 3. The van der Waals surface area contributed by atoms with Crippen LogP contribution in [0.15, 0.2) is 36.4 Å². The van der Waals surface area contributed by atoms with Gasteiger partial charge in [0.15, 0.2) is 0 Å². The van der Waals surface area contributed by atoms with Crippen molar-refractivity contribution in [2.75, 3.05) is 32.8 Å². The van der Waals surface area contributed by atoms with Crippen molar-refractivity contribution in [1.82, 2.24) is 4.90 Å². The van der Waals surface area contributed by atoms with Crippen molar-refractivity contribution in [2.45, 2.75) is 63.9 Å². The Morgan fingerprint density at radius 3 is 2.69 bits per heavy atom. The summed E-state index contributed by atoms with van der Waals surface area (Å²) in [5.74, 6) is 1.23. The Balaban J connectivity index is 1.26. The topological polar surface area (TPSA) is 48.0 Å². The highest BCUT2D eigenvalue weighted by molar-refractivity contribution is 6.31. The van der Waals surface area contributed by atoms with E-state index < -0.39 is 5.60 Å². The lowest BCUT2D eigenvalue weighted by Crippen LogP contribution is -2.44. The molecule has 2 aromatic rings. The molecule has 0 bridgehead atoms. The number of halogens is 2. The summed E-state index contributed by atoms with van der Waals surface area (Å²) in [6, 6.07) is 10.8. The number of rotatable bonds is 8. The zero-order valence-electron chi connectivity index (χ0n) is 20.9. The first-order chi connectivity index (χ1) is 16.7. The molecule has 2 heterocycles. The quantitative estimate of drug-likeness (QED) is 0.329. The SMILES string of the molecule is CC(C)(C)OC(=O)CCN1CCC2(CC1)COc1cc(OCCCc3c(F)cccc3Cl)ccc12. The van der Waals surface area contributed by atoms with Crippen molar-refractivity contribution in [1.29, 1.82) is 0 Å². The number of benzene rings is 2. The minimum Gasteiger partial charge on any atom is -0.493 e. The lowest BCUT2D eigenvalue weighted by molar-refractivity contribution is -0.155. The van der Waals surface area contributed by atoms with Crippen LogP contribution in [-0.2, 0) is 21.4 Å². The number of hydrogen-bond donors (Lipinski definition) is 0. The van der Waals surface area contributed by atoms with Gasteiger partial charge in [-0.3, -0.25) is 4.79 Å². The zero-order valence-corrected chi connectivity index (χ0v) is 21.6. The molecule has 0 amide bonds. The molecule has 0 N–H and O–H groups in total. The van der Waals surface area contributed by atoms with Gasteiger partial charge in [-0.1, -0.05) is 23.7 Å². The Labute approximate surface area is 212 Å². The molecule has 0 aromatic heterocycles. The first-order valence-corrected chi connectivity index (χ1v) is 12.8. The van der Waals surface area contributed by atoms with E-state index in [1.807, 2.05) is 32.9 Å². The van der Waals surface area contributed by atoms with E-state index >= 15 is 0 Å². The first-order valence-electron chi connectivity index (χ1n) is 12.4. The van der Waals surface area contributed by atoms with Crippen molar-refractivity contribution >= 4 is 17.6 Å². The summed E-state index contributed by atoms with van der Waals surface area (Å²) in [6.45, 7) is 9.43. The van der Waals surface area contributed by atoms with Gasteiger partial charge in [-0.05, 0) is 77.7 Å². The maximum Gasteiger partial charge on any atom is 0.307 e. The van der Waals surface area contributed by atoms with Crippen LogP contribution >= 0.6 is 11.6 Å². The molecular weight excluding hydrogens is 469 g/mol. The molecule has 2 aliphatic heterocycles. The second kappa shape index (κ2) is 10.8. The molecule has 0 atom stereocenters. The fourth-order valence-electron chi connectivity index (χ4n) is 4.91. The van der Waals surface area contributed by atoms with E-state index in [4.69, 9.17) is 25.8 Å². The first kappa shape index (κ1) is 25.8. The third-order valence-corrected chi connectivity index (χ3v) is 7.15. The summed E-state index contributed by atoms with van der Waals surface area (Å²) < 4.78 is 31.4. The zero-order chi connectivity index (χ0) is 25.1. The molecule has 190 valence electrons. The van der Waals surface area contributed by atoms with Gasteiger partial charge in [0, 0.05) is 34.2 Å². The van der Waals surface area contributed by atoms with Gasteiger partial charge < -0.3 is 19.1 Å². The van der Waals surface area contributed by atoms with Gasteiger partial charge in [-0.15, -0.1) is 0 Å². The van der Waals surface area contributed by atoms with E-state index in [1.54, 1.807) is 12.1 Å². The number of piperidine rings is 1. The Morgan fingerprint density at radius 2 is 1.97 bits per heavy atom. The molecule has 1 fully saturated rings. The van der Waals surface area contributed by atoms with Gasteiger partial charge in [0.2, 0.25) is 0 Å². The molecule has 2 aromatic carbocycles. The Bertz CT molecular complexity index is 1020. The molecule has 1 saturated heterocycles. The Kier molecular flexibility index (Phi) is 7.92. The second-order valence-corrected chi connectivity index (χ2v) is 11.0. The van der Waals surface area contributed by atoms with Crippen molar-refractivity contribution in [2.24, 2.45) is 0 Å². The van der Waals surface area contributed by atoms with Crippen LogP contribution in [0.1, 0.15) is 57.6 Å². The summed E-state index contributed by atoms with van der Waals surface area (Å²) in [6.07, 6.45) is 3.61. The van der Waals surface area contributed by atoms with E-state index in [1.165, 1.54) is 11.6 Å². The van der Waals surface area contributed by atoms with Crippen LogP contribution in [0.5, 0.6) is 11.5 Å². The number of likely N-dealkylation sites (tertiary alicyclic amines) is 1. The molecule has 2 aliphatic rings. The molecule has 4 rings (SSSR count). The number of fused-ring (bicyclic) bond motifs is 2. The molecule has 0 unspecified atom stereocenters. The highest BCUT2D eigenvalue weighted by atomic mass is 35.5. The molecule has 0 radical (unpaired) electrons. The van der Waals surface area contributed by atoms with Crippen LogP contribution in [-0.4, -0.2) is 49.3 Å². The Morgan fingerprint density at radius 1 is 1.20 bits per heavy atom. The Hall–Kier alpha value is -2.31. The normalized spacial score (nSPS) is 17.2. The highest BCUT2D eigenvalue weighted by Gasteiger charge is 2.43. The summed E-state index contributed by atoms with van der Waals surface area (Å²) in [4.78, 5) is 14.4. The highest BCUT2D eigenvalue weighted by Crippen LogP contribution is 2.46. The van der Waals surface area contributed by atoms with Crippen LogP contribution in [0.2, 0.25) is 5.02 Å². The molecule has 1 spiro atoms. The lowest BCUT2D eigenvalue weighted by Gasteiger charge is -2.38. The lowest BCUT2D eigenvalue weighted by atomic mass is 9.74. The minimum absolute atomic E-state index is 0.0257. The smallest absolute Gasteiger partial charge is 0.307 e. The van der Waals surface area contributed by atoms with Crippen molar-refractivity contribution < 1.29 is 23.4 Å². The van der Waals surface area contributed by atoms with Gasteiger partial charge in [0.1, 0.15) is 22.9 Å². The van der Waals surface area contributed by atoms with Gasteiger partial charge in [-0.2, -0.15) is 0 Å². The van der Waals surface area contributed by atoms with Crippen molar-refractivity contribution in [3.8, 4) is 11.5 Å². The fourth-order valence-corrected chi connectivity index (χ4v) is 5.17. The molecule has 0 saturated carbocycles. The van der Waals surface area contributed by atoms with Crippen LogP contribution in [0.4, 0.5) is 4.39 Å².